The molecule has 40 nitrogen and oxygen atoms in total. The summed E-state index contributed by atoms with van der Waals surface area (Å²) in [5.41, 5.74) is 15.0. The van der Waals surface area contributed by atoms with Gasteiger partial charge in [-0.1, -0.05) is 182 Å². The number of H-pyrrole nitrogens is 2. The van der Waals surface area contributed by atoms with E-state index in [4.69, 9.17) is 11.5 Å². The number of amides is 15. The number of carboxylic acids is 2. The van der Waals surface area contributed by atoms with Gasteiger partial charge in [-0.05, 0) is 160 Å². The van der Waals surface area contributed by atoms with Crippen molar-refractivity contribution in [3.8, 4) is 5.75 Å². The van der Waals surface area contributed by atoms with E-state index in [0.29, 0.717) is 50.5 Å². The fourth-order valence-corrected chi connectivity index (χ4v) is 15.8. The van der Waals surface area contributed by atoms with E-state index >= 15 is 19.2 Å². The van der Waals surface area contributed by atoms with Crippen molar-refractivity contribution in [3.63, 3.8) is 0 Å². The molecule has 0 aliphatic heterocycles. The van der Waals surface area contributed by atoms with E-state index in [2.05, 4.69) is 89.7 Å². The number of carboxylic acid groups (broad SMARTS) is 2. The summed E-state index contributed by atoms with van der Waals surface area (Å²) in [5.74, 6) is -19.1. The zero-order valence-electron chi connectivity index (χ0n) is 82.9. The van der Waals surface area contributed by atoms with Gasteiger partial charge in [0, 0.05) is 66.3 Å². The molecule has 25 N–H and O–H groups in total. The van der Waals surface area contributed by atoms with E-state index in [9.17, 15) is 82.8 Å². The number of aromatic hydroxyl groups is 1. The number of benzene rings is 4. The molecule has 0 saturated carbocycles. The number of phenolic OH excluding ortho intramolecular Hbond substituents is 1. The van der Waals surface area contributed by atoms with E-state index in [1.807, 2.05) is 13.8 Å². The van der Waals surface area contributed by atoms with Gasteiger partial charge in [-0.25, -0.2) is 4.79 Å². The van der Waals surface area contributed by atoms with Gasteiger partial charge >= 0.3 is 11.9 Å². The van der Waals surface area contributed by atoms with Crippen molar-refractivity contribution in [1.82, 2.24) is 89.7 Å². The van der Waals surface area contributed by atoms with Crippen LogP contribution in [0, 0.1) is 41.4 Å². The molecule has 40 heteroatoms. The highest BCUT2D eigenvalue weighted by molar-refractivity contribution is 6.02. The first kappa shape index (κ1) is 115. The molecule has 17 atom stereocenters. The number of rotatable bonds is 59. The molecular weight excluding hydrogens is 1800 g/mol. The Morgan fingerprint density at radius 1 is 0.336 bits per heavy atom. The molecule has 0 saturated heterocycles. The zero-order valence-corrected chi connectivity index (χ0v) is 82.9. The van der Waals surface area contributed by atoms with Crippen LogP contribution in [0.25, 0.3) is 21.8 Å². The monoisotopic (exact) mass is 1950 g/mol. The highest BCUT2D eigenvalue weighted by Crippen LogP contribution is 2.25. The second-order valence-corrected chi connectivity index (χ2v) is 38.5. The Hall–Kier alpha value is -13.4. The minimum atomic E-state index is -1.82. The number of nitrogens with two attached hydrogens (primary N) is 2. The van der Waals surface area contributed by atoms with Crippen LogP contribution >= 0.6 is 0 Å². The lowest BCUT2D eigenvalue weighted by atomic mass is 9.96. The third-order valence-electron chi connectivity index (χ3n) is 23.9. The fraction of sp³-hybridized carbons (Fsp3) is 0.550. The lowest BCUT2D eigenvalue weighted by Gasteiger charge is -2.31. The van der Waals surface area contributed by atoms with Gasteiger partial charge in [0.15, 0.2) is 0 Å². The number of aliphatic carboxylic acids is 2. The molecule has 4 aromatic carbocycles. The lowest BCUT2D eigenvalue weighted by molar-refractivity contribution is -0.143. The third-order valence-corrected chi connectivity index (χ3v) is 23.9. The number of hydrogen-bond acceptors (Lipinski definition) is 21. The molecule has 0 spiro atoms. The molecular formula is C100H147N19O21. The lowest BCUT2D eigenvalue weighted by Crippen LogP contribution is -2.62. The van der Waals surface area contributed by atoms with Crippen LogP contribution in [0.5, 0.6) is 5.75 Å². The van der Waals surface area contributed by atoms with E-state index < -0.39 is 234 Å². The second kappa shape index (κ2) is 56.6. The normalized spacial score (nSPS) is 15.2. The molecule has 0 unspecified atom stereocenters. The van der Waals surface area contributed by atoms with Crippen LogP contribution < -0.4 is 91.2 Å². The van der Waals surface area contributed by atoms with Crippen LogP contribution in [0.4, 0.5) is 0 Å². The Morgan fingerprint density at radius 3 is 1.09 bits per heavy atom. The summed E-state index contributed by atoms with van der Waals surface area (Å²) in [6.45, 7) is 26.2. The molecule has 768 valence electrons. The van der Waals surface area contributed by atoms with E-state index in [1.54, 1.807) is 174 Å². The maximum Gasteiger partial charge on any atom is 0.326 e. The number of para-hydroxylation sites is 2. The van der Waals surface area contributed by atoms with E-state index in [1.165, 1.54) is 38.1 Å². The first-order chi connectivity index (χ1) is 66.1. The van der Waals surface area contributed by atoms with Crippen molar-refractivity contribution in [2.75, 3.05) is 13.2 Å². The van der Waals surface area contributed by atoms with Gasteiger partial charge in [0.05, 0.1) is 12.6 Å². The van der Waals surface area contributed by atoms with Crippen LogP contribution in [0.15, 0.2) is 116 Å². The highest BCUT2D eigenvalue weighted by atomic mass is 16.4. The minimum Gasteiger partial charge on any atom is -0.508 e. The van der Waals surface area contributed by atoms with Gasteiger partial charge < -0.3 is 122 Å². The van der Waals surface area contributed by atoms with Crippen LogP contribution in [0.3, 0.4) is 0 Å². The Bertz CT molecular complexity index is 5170. The van der Waals surface area contributed by atoms with Gasteiger partial charge in [-0.3, -0.25) is 76.7 Å². The Morgan fingerprint density at radius 2 is 0.664 bits per heavy atom. The maximum atomic E-state index is 15.4. The van der Waals surface area contributed by atoms with Gasteiger partial charge in [0.2, 0.25) is 88.6 Å². The quantitative estimate of drug-likeness (QED) is 0.0244. The van der Waals surface area contributed by atoms with Crippen molar-refractivity contribution in [2.24, 2.45) is 52.9 Å². The number of aromatic amines is 2. The summed E-state index contributed by atoms with van der Waals surface area (Å²) in [6.07, 6.45) is 1.94. The van der Waals surface area contributed by atoms with Crippen molar-refractivity contribution in [3.05, 3.63) is 138 Å². The number of hydrogen-bond donors (Lipinski definition) is 23. The smallest absolute Gasteiger partial charge is 0.326 e. The zero-order chi connectivity index (χ0) is 104. The number of nitrogens with one attached hydrogen (secondary N) is 17. The first-order valence-electron chi connectivity index (χ1n) is 48.1. The SMILES string of the molecule is CC[C@H](C)[C@H](NC(=O)[C@H](C)NC(=O)[C@H](Cc1c[nH]c2ccccc12)NC(=O)[C@H](CO)NC(=O)[C@H](C)N)C(=O)N[C@@H](CCCCN)C(=O)N[C@@H](Cc1c[nH]c2ccccc12)C(=O)N[C@@H](CCC(=O)O)C(=O)N[C@@H](Cc1ccc(O)cc1)C(=O)N[C@H](C(=O)N[C@H](C(=O)N[C@@H](CC(C)C)C(=O)N[C@@H](CC(C)C)C(=O)N[C@@H](Cc1ccccc1)C(=O)N[C@@H](CC(C)C)C(=O)N[C@@H](CC(C)C)C(=O)O)C(C)C)C(C)C. The molecule has 15 amide bonds. The predicted octanol–water partition coefficient (Wildman–Crippen LogP) is 2.88. The number of aliphatic hydroxyl groups excluding tert-OH is 1. The molecule has 140 heavy (non-hydrogen) atoms. The van der Waals surface area contributed by atoms with Crippen molar-refractivity contribution >= 4 is 122 Å². The summed E-state index contributed by atoms with van der Waals surface area (Å²) < 4.78 is 0. The summed E-state index contributed by atoms with van der Waals surface area (Å²) in [4.78, 5) is 250. The summed E-state index contributed by atoms with van der Waals surface area (Å²) in [5, 5.41) is 82.2. The minimum absolute atomic E-state index is 0.00414. The Labute approximate surface area is 817 Å². The maximum absolute atomic E-state index is 15.4. The van der Waals surface area contributed by atoms with Crippen LogP contribution in [-0.4, -0.2) is 241 Å². The Kier molecular flexibility index (Phi) is 46.7. The average Bonchev–Trinajstić information content (AvgIpc) is 1.66. The van der Waals surface area contributed by atoms with Crippen molar-refractivity contribution in [1.29, 1.82) is 0 Å². The number of unbranched alkanes of at least 4 members (excludes halogenated alkanes) is 1. The standard InChI is InChI=1S/C100H147N19O21/c1-17-58(14)84(119-86(125)60(16)105-89(128)77(47-63-49-103-68-31-23-21-29-66(63)68)113-96(135)80(51-120)116-85(124)59(15)102)99(138)107-70(33-25-26-40-101)87(126)112-78(48-64-50-104-69-32-24-22-30-67(64)69)94(133)106-71(38-39-81(122)123)88(127)110-76(46-62-34-36-65(121)37-35-62)95(134)117-83(57(12)13)98(137)118-82(56(10)11)97(136)114-74(43-54(6)7)91(130)108-72(41-52(2)3)90(129)111-75(45-61-27-19-18-20-28-61)93(132)109-73(42-53(4)5)92(131)115-79(100(139)140)44-55(8)9/h18-24,27-32,34-37,49-50,52-60,70-80,82-84,103-104,120-121H,17,25-26,33,38-48,51,101-102H2,1-16H3,(H,105,128)(H,106,133)(H,107,138)(H,108,130)(H,109,132)(H,110,127)(H,111,129)(H,112,126)(H,113,135)(H,114,136)(H,115,131)(H,116,124)(H,117,134)(H,118,137)(H,119,125)(H,122,123)(H,139,140)/t58-,59-,60-,70-,71-,72-,73-,74-,75-,76-,77-,78-,79-,80-,82-,83-,84-/m0/s1. The third kappa shape index (κ3) is 37.1. The van der Waals surface area contributed by atoms with Gasteiger partial charge in [0.1, 0.15) is 96.4 Å². The van der Waals surface area contributed by atoms with Gasteiger partial charge in [-0.2, -0.15) is 0 Å². The van der Waals surface area contributed by atoms with Crippen LogP contribution in [0.1, 0.15) is 197 Å². The Balaban J connectivity index is 1.25. The number of carbonyl (C=O) groups excluding carboxylic acids is 15. The average molecular weight is 1950 g/mol. The van der Waals surface area contributed by atoms with Gasteiger partial charge in [-0.15, -0.1) is 0 Å². The van der Waals surface area contributed by atoms with Crippen molar-refractivity contribution < 1.29 is 102 Å². The van der Waals surface area contributed by atoms with Gasteiger partial charge in [0.25, 0.3) is 0 Å². The first-order valence-corrected chi connectivity index (χ1v) is 48.1. The summed E-state index contributed by atoms with van der Waals surface area (Å²) >= 11 is 0. The number of phenols is 1. The molecule has 0 aliphatic rings. The number of aliphatic hydroxyl groups is 1. The molecule has 0 fully saturated rings. The molecule has 2 aromatic heterocycles. The van der Waals surface area contributed by atoms with E-state index in [-0.39, 0.29) is 107 Å². The summed E-state index contributed by atoms with van der Waals surface area (Å²) in [6, 6.07) is 5.44. The highest BCUT2D eigenvalue weighted by Gasteiger charge is 2.41. The van der Waals surface area contributed by atoms with Crippen LogP contribution in [-0.2, 0) is 107 Å². The van der Waals surface area contributed by atoms with Crippen LogP contribution in [0.2, 0.25) is 0 Å². The number of aromatic nitrogens is 2. The molecule has 0 radical (unpaired) electrons. The molecule has 2 heterocycles. The predicted molar refractivity (Wildman–Crippen MR) is 526 cm³/mol. The topological polar surface area (TPSA) is 635 Å². The largest absolute Gasteiger partial charge is 0.508 e. The number of fused-ring (bicyclic) bond motifs is 2. The van der Waals surface area contributed by atoms with Crippen molar-refractivity contribution in [2.45, 2.75) is 297 Å². The van der Waals surface area contributed by atoms with E-state index in [0.717, 1.165) is 0 Å². The summed E-state index contributed by atoms with van der Waals surface area (Å²) in [7, 11) is 0. The molecule has 6 rings (SSSR count). The second-order valence-electron chi connectivity index (χ2n) is 38.5. The molecule has 0 aliphatic carbocycles. The fourth-order valence-electron chi connectivity index (χ4n) is 15.8. The number of carbonyl (C=O) groups is 17. The molecule has 6 aromatic rings. The molecule has 0 bridgehead atoms.